The van der Waals surface area contributed by atoms with Gasteiger partial charge < -0.3 is 4.74 Å². The minimum absolute atomic E-state index is 0.115. The molecule has 0 fully saturated rings. The zero-order valence-corrected chi connectivity index (χ0v) is 13.2. The lowest BCUT2D eigenvalue weighted by molar-refractivity contribution is 0.0515. The summed E-state index contributed by atoms with van der Waals surface area (Å²) in [5.74, 6) is -1.17. The van der Waals surface area contributed by atoms with Crippen LogP contribution >= 0.6 is 12.8 Å². The number of benzene rings is 1. The number of carbonyl (C=O) groups excluding carboxylic acids is 3. The molecule has 1 N–H and O–H groups in total. The van der Waals surface area contributed by atoms with Crippen LogP contribution in [-0.2, 0) is 4.74 Å². The van der Waals surface area contributed by atoms with Gasteiger partial charge in [-0.15, -0.1) is 0 Å². The summed E-state index contributed by atoms with van der Waals surface area (Å²) in [4.78, 5) is 35.9. The van der Waals surface area contributed by atoms with Crippen molar-refractivity contribution < 1.29 is 19.1 Å². The predicted octanol–water partition coefficient (Wildman–Crippen LogP) is 2.00. The van der Waals surface area contributed by atoms with Gasteiger partial charge in [-0.2, -0.15) is 4.41 Å². The van der Waals surface area contributed by atoms with E-state index in [1.54, 1.807) is 43.3 Å². The Morgan fingerprint density at radius 1 is 1.17 bits per heavy atom. The molecule has 23 heavy (non-hydrogen) atoms. The van der Waals surface area contributed by atoms with E-state index in [1.807, 2.05) is 0 Å². The van der Waals surface area contributed by atoms with Crippen LogP contribution in [0, 0.1) is 0 Å². The van der Waals surface area contributed by atoms with Gasteiger partial charge in [-0.25, -0.2) is 14.3 Å². The summed E-state index contributed by atoms with van der Waals surface area (Å²) in [6, 6.07) is 10.5. The van der Waals surface area contributed by atoms with Crippen molar-refractivity contribution in [3.63, 3.8) is 0 Å². The second-order valence-electron chi connectivity index (χ2n) is 4.37. The van der Waals surface area contributed by atoms with Gasteiger partial charge in [0.1, 0.15) is 5.69 Å². The topological polar surface area (TPSA) is 80.6 Å². The summed E-state index contributed by atoms with van der Waals surface area (Å²) in [6.07, 6.45) is 1.45. The summed E-state index contributed by atoms with van der Waals surface area (Å²) in [6.45, 7) is 1.88. The third-order valence-electron chi connectivity index (χ3n) is 2.85. The molecule has 2 aromatic rings. The number of thiol groups is 1. The van der Waals surface area contributed by atoms with Crippen LogP contribution in [0.1, 0.15) is 27.8 Å². The van der Waals surface area contributed by atoms with Gasteiger partial charge in [0, 0.05) is 11.8 Å². The largest absolute Gasteiger partial charge is 0.461 e. The Morgan fingerprint density at radius 2 is 1.87 bits per heavy atom. The van der Waals surface area contributed by atoms with Crippen LogP contribution in [0.3, 0.4) is 0 Å². The first-order chi connectivity index (χ1) is 11.0. The van der Waals surface area contributed by atoms with Crippen LogP contribution in [0.2, 0.25) is 0 Å². The molecular weight excluding hydrogens is 318 g/mol. The molecule has 0 spiro atoms. The van der Waals surface area contributed by atoms with Crippen molar-refractivity contribution in [3.8, 4) is 0 Å². The van der Waals surface area contributed by atoms with E-state index in [0.29, 0.717) is 5.56 Å². The van der Waals surface area contributed by atoms with E-state index in [2.05, 4.69) is 18.1 Å². The number of ether oxygens (including phenoxy) is 1. The molecule has 0 aliphatic heterocycles. The fraction of sp³-hybridized carbons (Fsp3) is 0.133. The first kappa shape index (κ1) is 16.6. The van der Waals surface area contributed by atoms with E-state index in [0.717, 1.165) is 4.41 Å². The standard InChI is InChI=1S/C15H15N3O4S/c1-2-22-14(20)12-9-6-10-17(12)18(23)15(21)16-13(19)11-7-4-3-5-8-11/h3-10,23H,2H2,1H3,(H,16,19,21). The van der Waals surface area contributed by atoms with Gasteiger partial charge in [-0.3, -0.25) is 10.1 Å². The van der Waals surface area contributed by atoms with Crippen molar-refractivity contribution in [1.29, 1.82) is 0 Å². The van der Waals surface area contributed by atoms with Crippen LogP contribution in [0.5, 0.6) is 0 Å². The smallest absolute Gasteiger partial charge is 0.356 e. The Balaban J connectivity index is 2.10. The molecule has 0 bridgehead atoms. The number of imide groups is 1. The average molecular weight is 333 g/mol. The molecule has 7 nitrogen and oxygen atoms in total. The quantitative estimate of drug-likeness (QED) is 0.662. The molecule has 0 aliphatic carbocycles. The van der Waals surface area contributed by atoms with Crippen LogP contribution < -0.4 is 9.73 Å². The Morgan fingerprint density at radius 3 is 2.52 bits per heavy atom. The summed E-state index contributed by atoms with van der Waals surface area (Å²) >= 11 is 4.02. The molecule has 1 aromatic carbocycles. The van der Waals surface area contributed by atoms with Gasteiger partial charge in [0.15, 0.2) is 0 Å². The third-order valence-corrected chi connectivity index (χ3v) is 3.23. The molecule has 1 heterocycles. The monoisotopic (exact) mass is 333 g/mol. The highest BCUT2D eigenvalue weighted by atomic mass is 32.1. The van der Waals surface area contributed by atoms with Crippen molar-refractivity contribution in [2.45, 2.75) is 6.92 Å². The van der Waals surface area contributed by atoms with Gasteiger partial charge in [0.2, 0.25) is 0 Å². The molecular formula is C15H15N3O4S. The first-order valence-electron chi connectivity index (χ1n) is 6.78. The molecule has 1 aromatic heterocycles. The average Bonchev–Trinajstić information content (AvgIpc) is 3.04. The second-order valence-corrected chi connectivity index (χ2v) is 4.75. The summed E-state index contributed by atoms with van der Waals surface area (Å²) in [5, 5.41) is 2.18. The minimum atomic E-state index is -0.802. The van der Waals surface area contributed by atoms with E-state index in [4.69, 9.17) is 4.74 Å². The van der Waals surface area contributed by atoms with E-state index in [9.17, 15) is 14.4 Å². The molecule has 2 rings (SSSR count). The highest BCUT2D eigenvalue weighted by molar-refractivity contribution is 7.82. The molecule has 120 valence electrons. The van der Waals surface area contributed by atoms with Gasteiger partial charge in [0.25, 0.3) is 5.91 Å². The molecule has 0 radical (unpaired) electrons. The Kier molecular flexibility index (Phi) is 5.42. The lowest BCUT2D eigenvalue weighted by Crippen LogP contribution is -2.44. The Hall–Kier alpha value is -2.74. The van der Waals surface area contributed by atoms with Crippen LogP contribution in [0.4, 0.5) is 4.79 Å². The number of hydrogen-bond donors (Lipinski definition) is 2. The minimum Gasteiger partial charge on any atom is -0.461 e. The Bertz CT molecular complexity index is 715. The first-order valence-corrected chi connectivity index (χ1v) is 7.18. The van der Waals surface area contributed by atoms with E-state index in [1.165, 1.54) is 16.9 Å². The van der Waals surface area contributed by atoms with Crippen molar-refractivity contribution in [3.05, 3.63) is 59.9 Å². The third kappa shape index (κ3) is 3.92. The van der Waals surface area contributed by atoms with Crippen LogP contribution in [-0.4, -0.2) is 29.2 Å². The van der Waals surface area contributed by atoms with Crippen molar-refractivity contribution >= 4 is 30.7 Å². The number of aromatic nitrogens is 1. The normalized spacial score (nSPS) is 10.0. The SMILES string of the molecule is CCOC(=O)c1cccn1N(S)C(=O)NC(=O)c1ccccc1. The van der Waals surface area contributed by atoms with E-state index in [-0.39, 0.29) is 12.3 Å². The summed E-state index contributed by atoms with van der Waals surface area (Å²) < 4.78 is 6.88. The molecule has 0 unspecified atom stereocenters. The van der Waals surface area contributed by atoms with Gasteiger partial charge >= 0.3 is 12.0 Å². The van der Waals surface area contributed by atoms with Crippen LogP contribution in [0.15, 0.2) is 48.7 Å². The maximum atomic E-state index is 12.1. The van der Waals surface area contributed by atoms with Gasteiger partial charge in [0.05, 0.1) is 6.61 Å². The van der Waals surface area contributed by atoms with Crippen molar-refractivity contribution in [1.82, 2.24) is 9.99 Å². The number of nitrogens with one attached hydrogen (secondary N) is 1. The van der Waals surface area contributed by atoms with Gasteiger partial charge in [-0.1, -0.05) is 18.2 Å². The zero-order valence-electron chi connectivity index (χ0n) is 12.3. The lowest BCUT2D eigenvalue weighted by atomic mass is 10.2. The van der Waals surface area contributed by atoms with E-state index < -0.39 is 17.9 Å². The van der Waals surface area contributed by atoms with E-state index >= 15 is 0 Å². The molecule has 8 heteroatoms. The number of hydrogen-bond acceptors (Lipinski definition) is 5. The van der Waals surface area contributed by atoms with Gasteiger partial charge in [-0.05, 0) is 44.0 Å². The number of carbonyl (C=O) groups is 3. The maximum Gasteiger partial charge on any atom is 0.356 e. The van der Waals surface area contributed by atoms with Crippen molar-refractivity contribution in [2.75, 3.05) is 11.0 Å². The number of esters is 1. The lowest BCUT2D eigenvalue weighted by Gasteiger charge is -2.19. The van der Waals surface area contributed by atoms with Crippen molar-refractivity contribution in [2.24, 2.45) is 0 Å². The molecule has 0 saturated carbocycles. The zero-order chi connectivity index (χ0) is 16.8. The molecule has 0 aliphatic rings. The fourth-order valence-corrected chi connectivity index (χ4v) is 2.02. The number of urea groups is 1. The highest BCUT2D eigenvalue weighted by Crippen LogP contribution is 2.08. The summed E-state index contributed by atoms with van der Waals surface area (Å²) in [7, 11) is 0. The molecule has 0 saturated heterocycles. The molecule has 0 atom stereocenters. The second kappa shape index (κ2) is 7.50. The number of rotatable bonds is 4. The fourth-order valence-electron chi connectivity index (χ4n) is 1.81. The van der Waals surface area contributed by atoms with Crippen LogP contribution in [0.25, 0.3) is 0 Å². The predicted molar refractivity (Wildman–Crippen MR) is 86.9 cm³/mol. The summed E-state index contributed by atoms with van der Waals surface area (Å²) in [5.41, 5.74) is 0.449. The maximum absolute atomic E-state index is 12.1. The highest BCUT2D eigenvalue weighted by Gasteiger charge is 2.21. The number of nitrogens with zero attached hydrogens (tertiary/aromatic N) is 2. The molecule has 3 amide bonds. The Labute approximate surface area is 138 Å². The number of amides is 3.